The molecule has 3 rings (SSSR count). The molecule has 5 nitrogen and oxygen atoms in total. The first-order valence-electron chi connectivity index (χ1n) is 8.32. The molecule has 0 saturated carbocycles. The summed E-state index contributed by atoms with van der Waals surface area (Å²) in [5, 5.41) is 0. The van der Waals surface area contributed by atoms with Gasteiger partial charge in [-0.05, 0) is 31.4 Å². The van der Waals surface area contributed by atoms with Crippen molar-refractivity contribution < 1.29 is 9.53 Å². The number of amides is 1. The van der Waals surface area contributed by atoms with Crippen molar-refractivity contribution in [1.29, 1.82) is 0 Å². The van der Waals surface area contributed by atoms with Crippen LogP contribution < -0.4 is 0 Å². The van der Waals surface area contributed by atoms with Crippen LogP contribution in [0.2, 0.25) is 0 Å². The fourth-order valence-electron chi connectivity index (χ4n) is 3.36. The lowest BCUT2D eigenvalue weighted by molar-refractivity contribution is -0.133. The van der Waals surface area contributed by atoms with E-state index in [4.69, 9.17) is 4.74 Å². The van der Waals surface area contributed by atoms with Crippen molar-refractivity contribution in [2.24, 2.45) is 0 Å². The van der Waals surface area contributed by atoms with E-state index >= 15 is 0 Å². The SMILES string of the molecule is O=C(CCc1ccccn1)N1CCCC(N2CCOCC2)C1. The zero-order chi connectivity index (χ0) is 15.2. The summed E-state index contributed by atoms with van der Waals surface area (Å²) in [6, 6.07) is 6.38. The van der Waals surface area contributed by atoms with Crippen LogP contribution in [0.4, 0.5) is 0 Å². The highest BCUT2D eigenvalue weighted by atomic mass is 16.5. The van der Waals surface area contributed by atoms with Gasteiger partial charge in [-0.1, -0.05) is 6.07 Å². The molecule has 0 bridgehead atoms. The quantitative estimate of drug-likeness (QED) is 0.842. The number of likely N-dealkylation sites (tertiary alicyclic amines) is 1. The van der Waals surface area contributed by atoms with Gasteiger partial charge in [0.1, 0.15) is 0 Å². The molecule has 22 heavy (non-hydrogen) atoms. The van der Waals surface area contributed by atoms with Crippen molar-refractivity contribution in [1.82, 2.24) is 14.8 Å². The minimum absolute atomic E-state index is 0.267. The number of rotatable bonds is 4. The zero-order valence-electron chi connectivity index (χ0n) is 13.1. The molecule has 0 radical (unpaired) electrons. The number of piperidine rings is 1. The number of ether oxygens (including phenoxy) is 1. The van der Waals surface area contributed by atoms with E-state index in [1.165, 1.54) is 6.42 Å². The molecular weight excluding hydrogens is 278 g/mol. The van der Waals surface area contributed by atoms with Gasteiger partial charge in [0.25, 0.3) is 0 Å². The Morgan fingerprint density at radius 1 is 1.27 bits per heavy atom. The van der Waals surface area contributed by atoms with Gasteiger partial charge in [-0.2, -0.15) is 0 Å². The van der Waals surface area contributed by atoms with E-state index in [0.29, 0.717) is 12.5 Å². The highest BCUT2D eigenvalue weighted by molar-refractivity contribution is 5.76. The molecule has 1 unspecified atom stereocenters. The van der Waals surface area contributed by atoms with Crippen molar-refractivity contribution in [2.75, 3.05) is 39.4 Å². The Hall–Kier alpha value is -1.46. The fourth-order valence-corrected chi connectivity index (χ4v) is 3.36. The molecule has 0 N–H and O–H groups in total. The number of pyridine rings is 1. The maximum Gasteiger partial charge on any atom is 0.223 e. The molecule has 0 spiro atoms. The normalized spacial score (nSPS) is 23.5. The molecule has 0 aromatic carbocycles. The van der Waals surface area contributed by atoms with Crippen molar-refractivity contribution in [3.8, 4) is 0 Å². The van der Waals surface area contributed by atoms with Crippen LogP contribution >= 0.6 is 0 Å². The van der Waals surface area contributed by atoms with Gasteiger partial charge >= 0.3 is 0 Å². The van der Waals surface area contributed by atoms with Crippen LogP contribution in [0.25, 0.3) is 0 Å². The monoisotopic (exact) mass is 303 g/mol. The summed E-state index contributed by atoms with van der Waals surface area (Å²) in [7, 11) is 0. The van der Waals surface area contributed by atoms with E-state index in [-0.39, 0.29) is 5.91 Å². The van der Waals surface area contributed by atoms with Crippen molar-refractivity contribution >= 4 is 5.91 Å². The molecule has 5 heteroatoms. The molecule has 0 aliphatic carbocycles. The first-order chi connectivity index (χ1) is 10.8. The summed E-state index contributed by atoms with van der Waals surface area (Å²) in [5.74, 6) is 0.267. The number of carbonyl (C=O) groups is 1. The van der Waals surface area contributed by atoms with Crippen LogP contribution in [0.1, 0.15) is 25.0 Å². The largest absolute Gasteiger partial charge is 0.379 e. The van der Waals surface area contributed by atoms with Crippen LogP contribution in [0.3, 0.4) is 0 Å². The van der Waals surface area contributed by atoms with Gasteiger partial charge in [-0.3, -0.25) is 14.7 Å². The lowest BCUT2D eigenvalue weighted by atomic mass is 10.0. The highest BCUT2D eigenvalue weighted by Gasteiger charge is 2.28. The Morgan fingerprint density at radius 2 is 2.14 bits per heavy atom. The molecule has 2 fully saturated rings. The first-order valence-corrected chi connectivity index (χ1v) is 8.32. The Bertz CT molecular complexity index is 474. The summed E-state index contributed by atoms with van der Waals surface area (Å²) in [5.41, 5.74) is 0.998. The van der Waals surface area contributed by atoms with Gasteiger partial charge < -0.3 is 9.64 Å². The molecule has 1 atom stereocenters. The second-order valence-corrected chi connectivity index (χ2v) is 6.11. The van der Waals surface area contributed by atoms with Gasteiger partial charge in [-0.25, -0.2) is 0 Å². The third-order valence-corrected chi connectivity index (χ3v) is 4.63. The summed E-state index contributed by atoms with van der Waals surface area (Å²) in [4.78, 5) is 21.3. The van der Waals surface area contributed by atoms with Crippen LogP contribution in [-0.2, 0) is 16.0 Å². The topological polar surface area (TPSA) is 45.7 Å². The first kappa shape index (κ1) is 15.4. The van der Waals surface area contributed by atoms with Gasteiger partial charge in [0, 0.05) is 50.5 Å². The molecule has 2 saturated heterocycles. The van der Waals surface area contributed by atoms with Crippen LogP contribution in [0, 0.1) is 0 Å². The smallest absolute Gasteiger partial charge is 0.223 e. The maximum absolute atomic E-state index is 12.5. The zero-order valence-corrected chi connectivity index (χ0v) is 13.1. The lowest BCUT2D eigenvalue weighted by Gasteiger charge is -2.40. The molecule has 3 heterocycles. The predicted molar refractivity (Wildman–Crippen MR) is 84.6 cm³/mol. The van der Waals surface area contributed by atoms with Crippen LogP contribution in [0.15, 0.2) is 24.4 Å². The molecule has 1 aromatic heterocycles. The molecule has 1 amide bonds. The van der Waals surface area contributed by atoms with E-state index in [0.717, 1.165) is 57.9 Å². The Labute approximate surface area is 132 Å². The second kappa shape index (κ2) is 7.70. The fraction of sp³-hybridized carbons (Fsp3) is 0.647. The molecule has 2 aliphatic rings. The Kier molecular flexibility index (Phi) is 5.40. The number of morpholine rings is 1. The number of aryl methyl sites for hydroxylation is 1. The van der Waals surface area contributed by atoms with E-state index in [2.05, 4.69) is 9.88 Å². The van der Waals surface area contributed by atoms with E-state index in [1.807, 2.05) is 23.1 Å². The van der Waals surface area contributed by atoms with Gasteiger partial charge in [0.2, 0.25) is 5.91 Å². The average Bonchev–Trinajstić information content (AvgIpc) is 2.61. The summed E-state index contributed by atoms with van der Waals surface area (Å²) < 4.78 is 5.42. The van der Waals surface area contributed by atoms with Crippen molar-refractivity contribution in [3.05, 3.63) is 30.1 Å². The summed E-state index contributed by atoms with van der Waals surface area (Å²) in [6.07, 6.45) is 5.39. The minimum atomic E-state index is 0.267. The van der Waals surface area contributed by atoms with Gasteiger partial charge in [0.05, 0.1) is 13.2 Å². The third kappa shape index (κ3) is 4.05. The lowest BCUT2D eigenvalue weighted by Crippen LogP contribution is -2.52. The Morgan fingerprint density at radius 3 is 2.91 bits per heavy atom. The number of hydrogen-bond donors (Lipinski definition) is 0. The maximum atomic E-state index is 12.5. The van der Waals surface area contributed by atoms with E-state index in [9.17, 15) is 4.79 Å². The van der Waals surface area contributed by atoms with Gasteiger partial charge in [-0.15, -0.1) is 0 Å². The molecule has 1 aromatic rings. The predicted octanol–water partition coefficient (Wildman–Crippen LogP) is 1.34. The van der Waals surface area contributed by atoms with Crippen molar-refractivity contribution in [2.45, 2.75) is 31.7 Å². The number of carbonyl (C=O) groups excluding carboxylic acids is 1. The van der Waals surface area contributed by atoms with Gasteiger partial charge in [0.15, 0.2) is 0 Å². The third-order valence-electron chi connectivity index (χ3n) is 4.63. The second-order valence-electron chi connectivity index (χ2n) is 6.11. The van der Waals surface area contributed by atoms with E-state index < -0.39 is 0 Å². The van der Waals surface area contributed by atoms with Crippen molar-refractivity contribution in [3.63, 3.8) is 0 Å². The van der Waals surface area contributed by atoms with E-state index in [1.54, 1.807) is 6.20 Å². The molecule has 120 valence electrons. The summed E-state index contributed by atoms with van der Waals surface area (Å²) in [6.45, 7) is 5.43. The summed E-state index contributed by atoms with van der Waals surface area (Å²) >= 11 is 0. The highest BCUT2D eigenvalue weighted by Crippen LogP contribution is 2.18. The molecule has 2 aliphatic heterocycles. The minimum Gasteiger partial charge on any atom is -0.379 e. The molecular formula is C17H25N3O2. The number of aromatic nitrogens is 1. The standard InChI is InChI=1S/C17H25N3O2/c21-17(7-6-15-4-1-2-8-18-15)20-9-3-5-16(14-20)19-10-12-22-13-11-19/h1-2,4,8,16H,3,5-7,9-14H2. The Balaban J connectivity index is 1.49. The van der Waals surface area contributed by atoms with Crippen LogP contribution in [0.5, 0.6) is 0 Å². The number of nitrogens with zero attached hydrogens (tertiary/aromatic N) is 3. The average molecular weight is 303 g/mol. The van der Waals surface area contributed by atoms with Crippen LogP contribution in [-0.4, -0.2) is 66.1 Å². The number of hydrogen-bond acceptors (Lipinski definition) is 4.